The van der Waals surface area contributed by atoms with Gasteiger partial charge in [-0.2, -0.15) is 4.98 Å². The maximum Gasteiger partial charge on any atom is 0.300 e. The molecule has 1 aromatic heterocycles. The van der Waals surface area contributed by atoms with Crippen LogP contribution in [0.15, 0.2) is 52.9 Å². The minimum absolute atomic E-state index is 0.459. The molecule has 18 heavy (non-hydrogen) atoms. The molecule has 0 aliphatic heterocycles. The average molecular weight is 240 g/mol. The molecule has 0 aliphatic rings. The number of para-hydroxylation sites is 4. The van der Waals surface area contributed by atoms with E-state index in [2.05, 4.69) is 10.3 Å². The zero-order valence-electron chi connectivity index (χ0n) is 9.88. The molecule has 1 heterocycles. The Kier molecular flexibility index (Phi) is 2.61. The molecule has 3 rings (SSSR count). The first-order valence-corrected chi connectivity index (χ1v) is 5.62. The van der Waals surface area contributed by atoms with Crippen molar-refractivity contribution in [3.63, 3.8) is 0 Å². The number of oxazole rings is 1. The van der Waals surface area contributed by atoms with Gasteiger partial charge in [-0.15, -0.1) is 0 Å². The van der Waals surface area contributed by atoms with E-state index >= 15 is 0 Å². The van der Waals surface area contributed by atoms with Gasteiger partial charge in [0.2, 0.25) is 0 Å². The third-order valence-electron chi connectivity index (χ3n) is 2.64. The molecule has 0 saturated carbocycles. The predicted octanol–water partition coefficient (Wildman–Crippen LogP) is 3.58. The number of benzene rings is 2. The van der Waals surface area contributed by atoms with Crippen LogP contribution in [0.2, 0.25) is 0 Å². The Morgan fingerprint density at radius 3 is 2.67 bits per heavy atom. The maximum atomic E-state index is 5.59. The Morgan fingerprint density at radius 2 is 1.83 bits per heavy atom. The molecule has 0 aliphatic carbocycles. The molecule has 0 amide bonds. The lowest BCUT2D eigenvalue weighted by atomic mass is 10.3. The van der Waals surface area contributed by atoms with E-state index in [0.717, 1.165) is 22.5 Å². The second-order valence-corrected chi connectivity index (χ2v) is 3.81. The van der Waals surface area contributed by atoms with Crippen molar-refractivity contribution >= 4 is 22.8 Å². The fourth-order valence-corrected chi connectivity index (χ4v) is 1.79. The van der Waals surface area contributed by atoms with Crippen LogP contribution in [0.25, 0.3) is 11.1 Å². The number of nitrogens with zero attached hydrogens (tertiary/aromatic N) is 1. The van der Waals surface area contributed by atoms with Crippen LogP contribution in [0.1, 0.15) is 0 Å². The zero-order chi connectivity index (χ0) is 12.4. The van der Waals surface area contributed by atoms with Crippen LogP contribution in [0, 0.1) is 0 Å². The van der Waals surface area contributed by atoms with Gasteiger partial charge in [0.05, 0.1) is 12.8 Å². The number of methoxy groups -OCH3 is 1. The molecule has 3 aromatic rings. The van der Waals surface area contributed by atoms with Gasteiger partial charge >= 0.3 is 0 Å². The molecule has 4 nitrogen and oxygen atoms in total. The topological polar surface area (TPSA) is 47.3 Å². The summed E-state index contributed by atoms with van der Waals surface area (Å²) < 4.78 is 10.9. The summed E-state index contributed by atoms with van der Waals surface area (Å²) >= 11 is 0. The fraction of sp³-hybridized carbons (Fsp3) is 0.0714. The lowest BCUT2D eigenvalue weighted by Gasteiger charge is -2.07. The van der Waals surface area contributed by atoms with Gasteiger partial charge in [-0.25, -0.2) is 0 Å². The van der Waals surface area contributed by atoms with Crippen molar-refractivity contribution < 1.29 is 9.15 Å². The largest absolute Gasteiger partial charge is 0.495 e. The predicted molar refractivity (Wildman–Crippen MR) is 70.3 cm³/mol. The summed E-state index contributed by atoms with van der Waals surface area (Å²) in [6.07, 6.45) is 0. The minimum atomic E-state index is 0.459. The van der Waals surface area contributed by atoms with Crippen LogP contribution >= 0.6 is 0 Å². The third kappa shape index (κ3) is 1.88. The van der Waals surface area contributed by atoms with Crippen LogP contribution < -0.4 is 10.1 Å². The minimum Gasteiger partial charge on any atom is -0.495 e. The van der Waals surface area contributed by atoms with E-state index in [1.807, 2.05) is 48.5 Å². The van der Waals surface area contributed by atoms with Gasteiger partial charge in [-0.05, 0) is 24.3 Å². The number of hydrogen-bond acceptors (Lipinski definition) is 4. The fourth-order valence-electron chi connectivity index (χ4n) is 1.79. The summed E-state index contributed by atoms with van der Waals surface area (Å²) in [6, 6.07) is 15.7. The van der Waals surface area contributed by atoms with Crippen molar-refractivity contribution in [2.75, 3.05) is 12.4 Å². The number of hydrogen-bond donors (Lipinski definition) is 1. The maximum absolute atomic E-state index is 5.59. The van der Waals surface area contributed by atoms with E-state index in [9.17, 15) is 0 Å². The van der Waals surface area contributed by atoms with Crippen LogP contribution in [0.3, 0.4) is 0 Å². The number of aromatic nitrogens is 1. The van der Waals surface area contributed by atoms with Gasteiger partial charge in [0.15, 0.2) is 5.58 Å². The summed E-state index contributed by atoms with van der Waals surface area (Å²) in [7, 11) is 1.63. The first kappa shape index (κ1) is 10.7. The highest BCUT2D eigenvalue weighted by Gasteiger charge is 2.07. The molecule has 0 saturated heterocycles. The lowest BCUT2D eigenvalue weighted by Crippen LogP contribution is -1.93. The first-order valence-electron chi connectivity index (χ1n) is 5.62. The van der Waals surface area contributed by atoms with E-state index in [-0.39, 0.29) is 0 Å². The first-order chi connectivity index (χ1) is 8.86. The number of ether oxygens (including phenoxy) is 1. The number of fused-ring (bicyclic) bond motifs is 1. The molecule has 0 fully saturated rings. The third-order valence-corrected chi connectivity index (χ3v) is 2.64. The highest BCUT2D eigenvalue weighted by molar-refractivity contribution is 5.75. The summed E-state index contributed by atoms with van der Waals surface area (Å²) in [5.74, 6) is 0.750. The molecule has 90 valence electrons. The normalized spacial score (nSPS) is 10.5. The molecule has 0 radical (unpaired) electrons. The number of rotatable bonds is 3. The van der Waals surface area contributed by atoms with Crippen LogP contribution in [-0.2, 0) is 0 Å². The van der Waals surface area contributed by atoms with E-state index in [4.69, 9.17) is 9.15 Å². The van der Waals surface area contributed by atoms with Crippen molar-refractivity contribution in [1.82, 2.24) is 4.98 Å². The molecule has 0 bridgehead atoms. The molecule has 2 aromatic carbocycles. The highest BCUT2D eigenvalue weighted by Crippen LogP contribution is 2.28. The van der Waals surface area contributed by atoms with E-state index < -0.39 is 0 Å². The number of anilines is 2. The van der Waals surface area contributed by atoms with E-state index in [1.165, 1.54) is 0 Å². The van der Waals surface area contributed by atoms with Gasteiger partial charge in [0.25, 0.3) is 6.01 Å². The van der Waals surface area contributed by atoms with Crippen molar-refractivity contribution in [2.24, 2.45) is 0 Å². The second-order valence-electron chi connectivity index (χ2n) is 3.81. The summed E-state index contributed by atoms with van der Waals surface area (Å²) in [5.41, 5.74) is 2.41. The van der Waals surface area contributed by atoms with Crippen LogP contribution in [0.4, 0.5) is 11.7 Å². The van der Waals surface area contributed by atoms with Gasteiger partial charge in [-0.3, -0.25) is 0 Å². The Hall–Kier alpha value is -2.49. The SMILES string of the molecule is COc1ccccc1Nc1nc2ccccc2o1. The van der Waals surface area contributed by atoms with E-state index in [0.29, 0.717) is 6.01 Å². The van der Waals surface area contributed by atoms with Crippen molar-refractivity contribution in [3.8, 4) is 5.75 Å². The molecule has 0 atom stereocenters. The van der Waals surface area contributed by atoms with Gasteiger partial charge < -0.3 is 14.5 Å². The molecule has 4 heteroatoms. The van der Waals surface area contributed by atoms with Crippen molar-refractivity contribution in [2.45, 2.75) is 0 Å². The van der Waals surface area contributed by atoms with E-state index in [1.54, 1.807) is 7.11 Å². The van der Waals surface area contributed by atoms with Crippen molar-refractivity contribution in [3.05, 3.63) is 48.5 Å². The summed E-state index contributed by atoms with van der Waals surface area (Å²) in [6.45, 7) is 0. The monoisotopic (exact) mass is 240 g/mol. The molecular weight excluding hydrogens is 228 g/mol. The standard InChI is InChI=1S/C14H12N2O2/c1-17-12-8-4-2-6-10(12)15-14-16-11-7-3-5-9-13(11)18-14/h2-9H,1H3,(H,15,16). The Bertz CT molecular complexity index is 643. The highest BCUT2D eigenvalue weighted by atomic mass is 16.5. The van der Waals surface area contributed by atoms with Crippen LogP contribution in [0.5, 0.6) is 5.75 Å². The Labute approximate surface area is 104 Å². The Balaban J connectivity index is 1.96. The summed E-state index contributed by atoms with van der Waals surface area (Å²) in [4.78, 5) is 4.35. The van der Waals surface area contributed by atoms with Gasteiger partial charge in [0.1, 0.15) is 11.3 Å². The van der Waals surface area contributed by atoms with Gasteiger partial charge in [0, 0.05) is 0 Å². The van der Waals surface area contributed by atoms with Crippen LogP contribution in [-0.4, -0.2) is 12.1 Å². The number of nitrogens with one attached hydrogen (secondary N) is 1. The molecule has 0 spiro atoms. The van der Waals surface area contributed by atoms with Gasteiger partial charge in [-0.1, -0.05) is 24.3 Å². The average Bonchev–Trinajstić information content (AvgIpc) is 2.81. The zero-order valence-corrected chi connectivity index (χ0v) is 9.88. The molecule has 0 unspecified atom stereocenters. The quantitative estimate of drug-likeness (QED) is 0.760. The summed E-state index contributed by atoms with van der Waals surface area (Å²) in [5, 5.41) is 3.11. The molecular formula is C14H12N2O2. The lowest BCUT2D eigenvalue weighted by molar-refractivity contribution is 0.416. The molecule has 1 N–H and O–H groups in total. The van der Waals surface area contributed by atoms with Crippen molar-refractivity contribution in [1.29, 1.82) is 0 Å². The second kappa shape index (κ2) is 4.41. The Morgan fingerprint density at radius 1 is 1.06 bits per heavy atom. The smallest absolute Gasteiger partial charge is 0.300 e.